The van der Waals surface area contributed by atoms with Crippen molar-refractivity contribution in [2.75, 3.05) is 11.5 Å². The van der Waals surface area contributed by atoms with Crippen LogP contribution in [0.25, 0.3) is 11.1 Å². The van der Waals surface area contributed by atoms with Crippen LogP contribution in [0.15, 0.2) is 109 Å². The van der Waals surface area contributed by atoms with Crippen LogP contribution < -0.4 is 9.64 Å². The van der Waals surface area contributed by atoms with Crippen molar-refractivity contribution in [2.45, 2.75) is 20.0 Å². The zero-order valence-electron chi connectivity index (χ0n) is 22.0. The Morgan fingerprint density at radius 3 is 2.30 bits per heavy atom. The topological polar surface area (TPSA) is 51.5 Å². The number of fused-ring (bicyclic) bond motifs is 2. The molecule has 1 amide bonds. The number of hydrogen-bond donors (Lipinski definition) is 0. The number of ether oxygens (including phenoxy) is 1. The molecule has 1 aromatic heterocycles. The first-order valence-corrected chi connectivity index (χ1v) is 13.5. The van der Waals surface area contributed by atoms with Crippen molar-refractivity contribution in [1.82, 2.24) is 4.57 Å². The Kier molecular flexibility index (Phi) is 6.97. The van der Waals surface area contributed by atoms with Crippen molar-refractivity contribution in [3.8, 4) is 16.9 Å². The van der Waals surface area contributed by atoms with Crippen LogP contribution in [0.3, 0.4) is 0 Å². The van der Waals surface area contributed by atoms with Gasteiger partial charge in [-0.15, -0.1) is 0 Å². The van der Waals surface area contributed by atoms with Crippen molar-refractivity contribution in [3.63, 3.8) is 0 Å². The number of aryl methyl sites for hydroxylation is 1. The standard InChI is InChI=1S/C34H27ClN2O3/c1-23-19-28(35)15-18-32(23)40-22-33(38)37-21-29-16-17-31(36(29)20-27-9-5-6-10-30(27)37)34(39)26-13-11-25(12-14-26)24-7-3-2-4-8-24/h2-19H,20-22H2,1H3. The van der Waals surface area contributed by atoms with E-state index in [4.69, 9.17) is 16.3 Å². The van der Waals surface area contributed by atoms with Crippen LogP contribution in [0, 0.1) is 6.92 Å². The van der Waals surface area contributed by atoms with Gasteiger partial charge in [0.05, 0.1) is 18.8 Å². The highest BCUT2D eigenvalue weighted by Gasteiger charge is 2.27. The smallest absolute Gasteiger partial charge is 0.265 e. The van der Waals surface area contributed by atoms with Gasteiger partial charge in [0.2, 0.25) is 5.78 Å². The van der Waals surface area contributed by atoms with Gasteiger partial charge in [0.1, 0.15) is 5.75 Å². The summed E-state index contributed by atoms with van der Waals surface area (Å²) < 4.78 is 7.90. The molecule has 0 saturated heterocycles. The van der Waals surface area contributed by atoms with Gasteiger partial charge in [0.15, 0.2) is 6.61 Å². The molecule has 0 saturated carbocycles. The molecule has 0 bridgehead atoms. The zero-order chi connectivity index (χ0) is 27.6. The molecule has 5 aromatic rings. The molecule has 0 radical (unpaired) electrons. The van der Waals surface area contributed by atoms with Gasteiger partial charge in [-0.2, -0.15) is 0 Å². The van der Waals surface area contributed by atoms with Crippen LogP contribution in [-0.4, -0.2) is 22.9 Å². The number of rotatable bonds is 6. The van der Waals surface area contributed by atoms with Crippen LogP contribution in [0.4, 0.5) is 5.69 Å². The fourth-order valence-electron chi connectivity index (χ4n) is 5.17. The third kappa shape index (κ3) is 5.04. The Morgan fingerprint density at radius 1 is 0.800 bits per heavy atom. The van der Waals surface area contributed by atoms with Crippen LogP contribution >= 0.6 is 11.6 Å². The number of carbonyl (C=O) groups is 2. The Morgan fingerprint density at radius 2 is 1.52 bits per heavy atom. The van der Waals surface area contributed by atoms with Gasteiger partial charge in [-0.25, -0.2) is 0 Å². The summed E-state index contributed by atoms with van der Waals surface area (Å²) in [6, 6.07) is 34.7. The summed E-state index contributed by atoms with van der Waals surface area (Å²) >= 11 is 6.06. The molecular weight excluding hydrogens is 520 g/mol. The lowest BCUT2D eigenvalue weighted by Crippen LogP contribution is -2.34. The summed E-state index contributed by atoms with van der Waals surface area (Å²) in [5, 5.41) is 0.621. The summed E-state index contributed by atoms with van der Waals surface area (Å²) in [4.78, 5) is 28.9. The highest BCUT2D eigenvalue weighted by Crippen LogP contribution is 2.31. The molecule has 2 heterocycles. The summed E-state index contributed by atoms with van der Waals surface area (Å²) in [6.45, 7) is 2.60. The van der Waals surface area contributed by atoms with Crippen molar-refractivity contribution in [1.29, 1.82) is 0 Å². The lowest BCUT2D eigenvalue weighted by Gasteiger charge is -2.23. The molecule has 1 aliphatic heterocycles. The number of benzene rings is 4. The number of amides is 1. The highest BCUT2D eigenvalue weighted by atomic mass is 35.5. The second-order valence-electron chi connectivity index (χ2n) is 9.88. The third-order valence-corrected chi connectivity index (χ3v) is 7.51. The first-order valence-electron chi connectivity index (χ1n) is 13.1. The zero-order valence-corrected chi connectivity index (χ0v) is 22.8. The van der Waals surface area contributed by atoms with Gasteiger partial charge < -0.3 is 14.2 Å². The maximum absolute atomic E-state index is 13.7. The van der Waals surface area contributed by atoms with E-state index in [1.807, 2.05) is 96.4 Å². The first kappa shape index (κ1) is 25.7. The van der Waals surface area contributed by atoms with E-state index >= 15 is 0 Å². The number of anilines is 1. The monoisotopic (exact) mass is 546 g/mol. The van der Waals surface area contributed by atoms with Crippen LogP contribution in [0.1, 0.15) is 32.9 Å². The molecule has 0 fully saturated rings. The Hall–Kier alpha value is -4.61. The van der Waals surface area contributed by atoms with E-state index in [0.29, 0.717) is 35.1 Å². The van der Waals surface area contributed by atoms with Crippen LogP contribution in [0.2, 0.25) is 5.02 Å². The molecule has 0 unspecified atom stereocenters. The van der Waals surface area contributed by atoms with Gasteiger partial charge in [0, 0.05) is 22.0 Å². The number of ketones is 1. The normalized spacial score (nSPS) is 12.3. The summed E-state index contributed by atoms with van der Waals surface area (Å²) in [5.41, 5.74) is 6.92. The van der Waals surface area contributed by atoms with E-state index in [9.17, 15) is 9.59 Å². The van der Waals surface area contributed by atoms with Crippen molar-refractivity contribution < 1.29 is 14.3 Å². The molecule has 198 valence electrons. The molecule has 0 spiro atoms. The summed E-state index contributed by atoms with van der Waals surface area (Å²) in [6.07, 6.45) is 0. The second kappa shape index (κ2) is 10.9. The number of para-hydroxylation sites is 1. The average Bonchev–Trinajstić information content (AvgIpc) is 3.29. The minimum atomic E-state index is -0.166. The van der Waals surface area contributed by atoms with Crippen molar-refractivity contribution >= 4 is 29.0 Å². The van der Waals surface area contributed by atoms with Crippen LogP contribution in [0.5, 0.6) is 5.75 Å². The van der Waals surface area contributed by atoms with Gasteiger partial charge in [0.25, 0.3) is 5.91 Å². The maximum Gasteiger partial charge on any atom is 0.265 e. The molecule has 0 atom stereocenters. The van der Waals surface area contributed by atoms with E-state index in [0.717, 1.165) is 33.6 Å². The predicted octanol–water partition coefficient (Wildman–Crippen LogP) is 7.32. The highest BCUT2D eigenvalue weighted by molar-refractivity contribution is 6.30. The largest absolute Gasteiger partial charge is 0.483 e. The van der Waals surface area contributed by atoms with E-state index in [2.05, 4.69) is 12.1 Å². The number of carbonyl (C=O) groups excluding carboxylic acids is 2. The lowest BCUT2D eigenvalue weighted by atomic mass is 10.0. The van der Waals surface area contributed by atoms with E-state index in [1.165, 1.54) is 0 Å². The molecule has 6 rings (SSSR count). The minimum Gasteiger partial charge on any atom is -0.483 e. The fraction of sp³-hybridized carbons (Fsp3) is 0.118. The summed E-state index contributed by atoms with van der Waals surface area (Å²) in [7, 11) is 0. The Labute approximate surface area is 238 Å². The first-order chi connectivity index (χ1) is 19.5. The quantitative estimate of drug-likeness (QED) is 0.210. The SMILES string of the molecule is Cc1cc(Cl)ccc1OCC(=O)N1Cc2ccc(C(=O)c3ccc(-c4ccccc4)cc3)n2Cc2ccccc21. The van der Waals surface area contributed by atoms with Gasteiger partial charge >= 0.3 is 0 Å². The fourth-order valence-corrected chi connectivity index (χ4v) is 5.39. The van der Waals surface area contributed by atoms with Gasteiger partial charge in [-0.3, -0.25) is 9.59 Å². The Bertz CT molecular complexity index is 1710. The Balaban J connectivity index is 1.26. The van der Waals surface area contributed by atoms with E-state index in [-0.39, 0.29) is 18.3 Å². The minimum absolute atomic E-state index is 0.0512. The molecule has 1 aliphatic rings. The number of halogens is 1. The van der Waals surface area contributed by atoms with Crippen LogP contribution in [-0.2, 0) is 17.9 Å². The molecule has 40 heavy (non-hydrogen) atoms. The van der Waals surface area contributed by atoms with Crippen molar-refractivity contribution in [2.24, 2.45) is 0 Å². The lowest BCUT2D eigenvalue weighted by molar-refractivity contribution is -0.120. The molecule has 0 N–H and O–H groups in total. The molecular formula is C34H27ClN2O3. The number of aromatic nitrogens is 1. The van der Waals surface area contributed by atoms with Gasteiger partial charge in [-0.1, -0.05) is 84.4 Å². The summed E-state index contributed by atoms with van der Waals surface area (Å²) in [5.74, 6) is 0.404. The van der Waals surface area contributed by atoms with E-state index in [1.54, 1.807) is 17.0 Å². The molecule has 4 aromatic carbocycles. The average molecular weight is 547 g/mol. The number of hydrogen-bond acceptors (Lipinski definition) is 3. The number of nitrogens with zero attached hydrogens (tertiary/aromatic N) is 2. The predicted molar refractivity (Wildman–Crippen MR) is 158 cm³/mol. The molecule has 6 heteroatoms. The van der Waals surface area contributed by atoms with E-state index < -0.39 is 0 Å². The second-order valence-corrected chi connectivity index (χ2v) is 10.3. The molecule has 0 aliphatic carbocycles. The third-order valence-electron chi connectivity index (χ3n) is 7.28. The molecule has 5 nitrogen and oxygen atoms in total. The van der Waals surface area contributed by atoms with Gasteiger partial charge in [-0.05, 0) is 65.6 Å². The van der Waals surface area contributed by atoms with Crippen molar-refractivity contribution in [3.05, 3.63) is 142 Å². The maximum atomic E-state index is 13.7.